The Morgan fingerprint density at radius 1 is 1.39 bits per heavy atom. The molecule has 0 bridgehead atoms. The topological polar surface area (TPSA) is 50.2 Å². The fourth-order valence-electron chi connectivity index (χ4n) is 4.61. The van der Waals surface area contributed by atoms with E-state index in [-0.39, 0.29) is 11.3 Å². The minimum Gasteiger partial charge on any atom is -0.356 e. The van der Waals surface area contributed by atoms with Crippen LogP contribution in [0.2, 0.25) is 0 Å². The highest BCUT2D eigenvalue weighted by Crippen LogP contribution is 2.50. The molecule has 1 amide bonds. The Labute approximate surface area is 138 Å². The fraction of sp³-hybridized carbons (Fsp3) is 0.778. The first-order valence-corrected chi connectivity index (χ1v) is 9.12. The van der Waals surface area contributed by atoms with Crippen molar-refractivity contribution < 1.29 is 4.79 Å². The van der Waals surface area contributed by atoms with Crippen LogP contribution in [0.5, 0.6) is 0 Å². The first kappa shape index (κ1) is 15.2. The Morgan fingerprint density at radius 2 is 2.26 bits per heavy atom. The summed E-state index contributed by atoms with van der Waals surface area (Å²) in [5.41, 5.74) is 1.49. The third-order valence-corrected chi connectivity index (χ3v) is 6.25. The molecule has 2 atom stereocenters. The van der Waals surface area contributed by atoms with E-state index >= 15 is 0 Å². The SMILES string of the molecule is Cn1cncc1CN1CC[C@@]2(CCC[C@H]2C(=O)NCC2CC2)C1. The molecule has 5 nitrogen and oxygen atoms in total. The van der Waals surface area contributed by atoms with Crippen LogP contribution in [-0.4, -0.2) is 40.0 Å². The molecule has 5 heteroatoms. The maximum atomic E-state index is 12.7. The quantitative estimate of drug-likeness (QED) is 0.903. The lowest BCUT2D eigenvalue weighted by Crippen LogP contribution is -2.41. The molecular weight excluding hydrogens is 288 g/mol. The van der Waals surface area contributed by atoms with Crippen LogP contribution in [0.15, 0.2) is 12.5 Å². The predicted molar refractivity (Wildman–Crippen MR) is 88.6 cm³/mol. The molecule has 2 heterocycles. The average Bonchev–Trinajstić information content (AvgIpc) is 2.94. The third kappa shape index (κ3) is 3.03. The maximum Gasteiger partial charge on any atom is 0.223 e. The van der Waals surface area contributed by atoms with Gasteiger partial charge in [0.1, 0.15) is 0 Å². The second kappa shape index (κ2) is 5.93. The molecule has 126 valence electrons. The van der Waals surface area contributed by atoms with Gasteiger partial charge in [-0.1, -0.05) is 6.42 Å². The van der Waals surface area contributed by atoms with Gasteiger partial charge in [0.15, 0.2) is 0 Å². The molecule has 1 saturated heterocycles. The van der Waals surface area contributed by atoms with Crippen molar-refractivity contribution in [2.24, 2.45) is 24.3 Å². The molecule has 0 unspecified atom stereocenters. The van der Waals surface area contributed by atoms with Crippen molar-refractivity contribution in [1.29, 1.82) is 0 Å². The van der Waals surface area contributed by atoms with E-state index in [0.29, 0.717) is 5.91 Å². The summed E-state index contributed by atoms with van der Waals surface area (Å²) in [5.74, 6) is 1.33. The lowest BCUT2D eigenvalue weighted by Gasteiger charge is -2.30. The van der Waals surface area contributed by atoms with Gasteiger partial charge < -0.3 is 9.88 Å². The summed E-state index contributed by atoms with van der Waals surface area (Å²) in [7, 11) is 2.05. The van der Waals surface area contributed by atoms with Crippen molar-refractivity contribution in [3.05, 3.63) is 18.2 Å². The Morgan fingerprint density at radius 3 is 3.00 bits per heavy atom. The van der Waals surface area contributed by atoms with E-state index < -0.39 is 0 Å². The smallest absolute Gasteiger partial charge is 0.223 e. The van der Waals surface area contributed by atoms with Gasteiger partial charge in [0, 0.05) is 38.8 Å². The summed E-state index contributed by atoms with van der Waals surface area (Å²) < 4.78 is 2.10. The predicted octanol–water partition coefficient (Wildman–Crippen LogP) is 1.94. The minimum absolute atomic E-state index is 0.228. The fourth-order valence-corrected chi connectivity index (χ4v) is 4.61. The first-order valence-electron chi connectivity index (χ1n) is 9.12. The zero-order chi connectivity index (χ0) is 15.9. The number of imidazole rings is 1. The van der Waals surface area contributed by atoms with Crippen LogP contribution < -0.4 is 5.32 Å². The lowest BCUT2D eigenvalue weighted by molar-refractivity contribution is -0.128. The van der Waals surface area contributed by atoms with E-state index in [0.717, 1.165) is 38.5 Å². The Bertz CT molecular complexity index is 579. The second-order valence-electron chi connectivity index (χ2n) is 7.95. The third-order valence-electron chi connectivity index (χ3n) is 6.25. The molecule has 1 aromatic heterocycles. The zero-order valence-corrected chi connectivity index (χ0v) is 14.1. The molecule has 3 fully saturated rings. The van der Waals surface area contributed by atoms with E-state index in [1.54, 1.807) is 0 Å². The summed E-state index contributed by atoms with van der Waals surface area (Å²) >= 11 is 0. The largest absolute Gasteiger partial charge is 0.356 e. The van der Waals surface area contributed by atoms with Crippen molar-refractivity contribution in [2.45, 2.75) is 45.1 Å². The molecule has 1 spiro atoms. The summed E-state index contributed by atoms with van der Waals surface area (Å²) in [6.07, 6.45) is 11.1. The zero-order valence-electron chi connectivity index (χ0n) is 14.1. The number of aromatic nitrogens is 2. The molecule has 0 radical (unpaired) electrons. The van der Waals surface area contributed by atoms with Gasteiger partial charge in [0.2, 0.25) is 5.91 Å². The van der Waals surface area contributed by atoms with Gasteiger partial charge in [-0.3, -0.25) is 9.69 Å². The van der Waals surface area contributed by atoms with Crippen LogP contribution in [0.25, 0.3) is 0 Å². The van der Waals surface area contributed by atoms with Gasteiger partial charge in [-0.2, -0.15) is 0 Å². The number of nitrogens with zero attached hydrogens (tertiary/aromatic N) is 3. The van der Waals surface area contributed by atoms with Crippen molar-refractivity contribution in [3.8, 4) is 0 Å². The van der Waals surface area contributed by atoms with E-state index in [1.807, 2.05) is 12.5 Å². The maximum absolute atomic E-state index is 12.7. The van der Waals surface area contributed by atoms with Crippen LogP contribution in [0.3, 0.4) is 0 Å². The normalized spacial score (nSPS) is 31.1. The Hall–Kier alpha value is -1.36. The number of carbonyl (C=O) groups is 1. The van der Waals surface area contributed by atoms with Crippen molar-refractivity contribution >= 4 is 5.91 Å². The number of rotatable bonds is 5. The molecule has 1 aliphatic heterocycles. The molecular formula is C18H28N4O. The highest BCUT2D eigenvalue weighted by atomic mass is 16.1. The van der Waals surface area contributed by atoms with Crippen LogP contribution >= 0.6 is 0 Å². The second-order valence-corrected chi connectivity index (χ2v) is 7.95. The van der Waals surface area contributed by atoms with Crippen LogP contribution in [0.4, 0.5) is 0 Å². The standard InChI is InChI=1S/C18H28N4O/c1-21-13-19-10-15(21)11-22-8-7-18(12-22)6-2-3-16(18)17(23)20-9-14-4-5-14/h10,13-14,16H,2-9,11-12H2,1H3,(H,20,23)/t16-,18-/m0/s1. The summed E-state index contributed by atoms with van der Waals surface area (Å²) in [6, 6.07) is 0. The Balaban J connectivity index is 1.39. The van der Waals surface area contributed by atoms with Crippen LogP contribution in [0.1, 0.15) is 44.2 Å². The van der Waals surface area contributed by atoms with Gasteiger partial charge >= 0.3 is 0 Å². The Kier molecular flexibility index (Phi) is 3.92. The monoisotopic (exact) mass is 316 g/mol. The number of carbonyl (C=O) groups excluding carboxylic acids is 1. The minimum atomic E-state index is 0.228. The molecule has 1 aromatic rings. The number of hydrogen-bond donors (Lipinski definition) is 1. The van der Waals surface area contributed by atoms with Crippen molar-refractivity contribution in [2.75, 3.05) is 19.6 Å². The number of aryl methyl sites for hydroxylation is 1. The number of amides is 1. The van der Waals surface area contributed by atoms with E-state index in [4.69, 9.17) is 0 Å². The highest BCUT2D eigenvalue weighted by molar-refractivity contribution is 5.80. The molecule has 1 N–H and O–H groups in total. The number of hydrogen-bond acceptors (Lipinski definition) is 3. The first-order chi connectivity index (χ1) is 11.2. The summed E-state index contributed by atoms with van der Waals surface area (Å²) in [5, 5.41) is 3.24. The lowest BCUT2D eigenvalue weighted by atomic mass is 9.76. The molecule has 2 aliphatic carbocycles. The van der Waals surface area contributed by atoms with Gasteiger partial charge in [-0.05, 0) is 50.0 Å². The molecule has 2 saturated carbocycles. The summed E-state index contributed by atoms with van der Waals surface area (Å²) in [6.45, 7) is 4.04. The highest BCUT2D eigenvalue weighted by Gasteiger charge is 2.50. The van der Waals surface area contributed by atoms with Crippen molar-refractivity contribution in [1.82, 2.24) is 19.8 Å². The average molecular weight is 316 g/mol. The number of nitrogens with one attached hydrogen (secondary N) is 1. The molecule has 3 aliphatic rings. The van der Waals surface area contributed by atoms with Crippen LogP contribution in [-0.2, 0) is 18.4 Å². The molecule has 0 aromatic carbocycles. The van der Waals surface area contributed by atoms with E-state index in [1.165, 1.54) is 37.8 Å². The van der Waals surface area contributed by atoms with Crippen LogP contribution in [0, 0.1) is 17.3 Å². The summed E-state index contributed by atoms with van der Waals surface area (Å²) in [4.78, 5) is 19.4. The van der Waals surface area contributed by atoms with E-state index in [9.17, 15) is 4.79 Å². The molecule has 23 heavy (non-hydrogen) atoms. The van der Waals surface area contributed by atoms with Gasteiger partial charge in [0.25, 0.3) is 0 Å². The van der Waals surface area contributed by atoms with E-state index in [2.05, 4.69) is 26.8 Å². The van der Waals surface area contributed by atoms with Gasteiger partial charge in [-0.15, -0.1) is 0 Å². The number of likely N-dealkylation sites (tertiary alicyclic amines) is 1. The molecule has 4 rings (SSSR count). The van der Waals surface area contributed by atoms with Gasteiger partial charge in [-0.25, -0.2) is 4.98 Å². The van der Waals surface area contributed by atoms with Crippen molar-refractivity contribution in [3.63, 3.8) is 0 Å². The van der Waals surface area contributed by atoms with Gasteiger partial charge in [0.05, 0.1) is 12.0 Å².